The lowest BCUT2D eigenvalue weighted by Crippen LogP contribution is -2.49. The summed E-state index contributed by atoms with van der Waals surface area (Å²) in [5.41, 5.74) is 4.96. The lowest BCUT2D eigenvalue weighted by molar-refractivity contribution is 0.0488. The van der Waals surface area contributed by atoms with Crippen LogP contribution in [0, 0.1) is 0 Å². The molecule has 0 bridgehead atoms. The van der Waals surface area contributed by atoms with Gasteiger partial charge in [0.05, 0.1) is 24.1 Å². The van der Waals surface area contributed by atoms with Crippen molar-refractivity contribution in [3.63, 3.8) is 0 Å². The van der Waals surface area contributed by atoms with Gasteiger partial charge in [0.15, 0.2) is 0 Å². The summed E-state index contributed by atoms with van der Waals surface area (Å²) in [5, 5.41) is 6.87. The summed E-state index contributed by atoms with van der Waals surface area (Å²) < 4.78 is 20.5. The number of benzene rings is 2. The van der Waals surface area contributed by atoms with E-state index in [0.717, 1.165) is 20.3 Å². The van der Waals surface area contributed by atoms with Crippen molar-refractivity contribution in [2.45, 2.75) is 104 Å². The molecule has 80 heavy (non-hydrogen) atoms. The molecule has 0 unspecified atom stereocenters. The smallest absolute Gasteiger partial charge is 0.407 e. The SMILES string of the molecule is Cn1c(=O)c2c(c(C(=O)n3cccc3)c(N3CCC[C@@H](NC(=O)OC(C)(C)C)C3)n2Cc2ccccc2Cl)n(C)c1=O.Cn1c(=O)c2c(c(C(N)=O)c(N3CCC[C@@H](NC(=O)OC(C)(C)C)C3)n2Cc2ccccc2Cl)n(C)c1=O. The number of carbonyl (C=O) groups is 4. The third-order valence-electron chi connectivity index (χ3n) is 14.0. The maximum atomic E-state index is 14.2. The van der Waals surface area contributed by atoms with Crippen LogP contribution in [0.25, 0.3) is 22.1 Å². The van der Waals surface area contributed by atoms with Crippen molar-refractivity contribution in [2.24, 2.45) is 33.9 Å². The van der Waals surface area contributed by atoms with Gasteiger partial charge in [0.25, 0.3) is 22.9 Å². The molecule has 2 aliphatic heterocycles. The summed E-state index contributed by atoms with van der Waals surface area (Å²) in [4.78, 5) is 109. The van der Waals surface area contributed by atoms with E-state index in [9.17, 15) is 38.4 Å². The van der Waals surface area contributed by atoms with Crippen molar-refractivity contribution in [1.82, 2.24) is 42.6 Å². The van der Waals surface area contributed by atoms with Crippen LogP contribution in [0.15, 0.2) is 92.2 Å². The van der Waals surface area contributed by atoms with Crippen molar-refractivity contribution >= 4 is 80.9 Å². The third-order valence-corrected chi connectivity index (χ3v) is 14.7. The molecule has 0 radical (unpaired) electrons. The summed E-state index contributed by atoms with van der Waals surface area (Å²) in [6.45, 7) is 12.9. The van der Waals surface area contributed by atoms with Gasteiger partial charge in [0.1, 0.15) is 45.0 Å². The monoisotopic (exact) mass is 1140 g/mol. The van der Waals surface area contributed by atoms with E-state index in [1.54, 1.807) is 100 Å². The first-order valence-corrected chi connectivity index (χ1v) is 27.0. The largest absolute Gasteiger partial charge is 0.444 e. The zero-order valence-electron chi connectivity index (χ0n) is 46.6. The Kier molecular flexibility index (Phi) is 16.7. The van der Waals surface area contributed by atoms with Crippen molar-refractivity contribution < 1.29 is 28.7 Å². The fourth-order valence-corrected chi connectivity index (χ4v) is 10.9. The maximum Gasteiger partial charge on any atom is 0.407 e. The molecule has 2 aromatic carbocycles. The molecule has 4 N–H and O–H groups in total. The predicted octanol–water partition coefficient (Wildman–Crippen LogP) is 6.06. The molecule has 3 amide bonds. The highest BCUT2D eigenvalue weighted by molar-refractivity contribution is 6.31. The number of amides is 3. The van der Waals surface area contributed by atoms with E-state index in [1.165, 1.54) is 34.8 Å². The van der Waals surface area contributed by atoms with Gasteiger partial charge < -0.3 is 44.8 Å². The molecule has 2 fully saturated rings. The number of nitrogens with one attached hydrogen (secondary N) is 2. The number of aromatic nitrogens is 7. The van der Waals surface area contributed by atoms with Crippen LogP contribution < -0.4 is 48.7 Å². The Morgan fingerprint density at radius 3 is 1.35 bits per heavy atom. The second kappa shape index (κ2) is 23.0. The Morgan fingerprint density at radius 1 is 0.575 bits per heavy atom. The number of halogens is 2. The molecule has 24 heteroatoms. The van der Waals surface area contributed by atoms with E-state index in [4.69, 9.17) is 38.4 Å². The molecule has 7 aromatic rings. The lowest BCUT2D eigenvalue weighted by Gasteiger charge is -2.36. The third kappa shape index (κ3) is 12.0. The van der Waals surface area contributed by atoms with Crippen LogP contribution in [-0.4, -0.2) is 105 Å². The normalized spacial score (nSPS) is 15.8. The van der Waals surface area contributed by atoms with Gasteiger partial charge in [-0.1, -0.05) is 59.6 Å². The zero-order valence-corrected chi connectivity index (χ0v) is 48.1. The van der Waals surface area contributed by atoms with Crippen molar-refractivity contribution in [3.05, 3.63) is 147 Å². The Balaban J connectivity index is 0.000000211. The van der Waals surface area contributed by atoms with Crippen LogP contribution in [0.1, 0.15) is 99.1 Å². The van der Waals surface area contributed by atoms with Crippen LogP contribution in [0.4, 0.5) is 21.2 Å². The molecule has 2 saturated heterocycles. The molecule has 0 aliphatic carbocycles. The van der Waals surface area contributed by atoms with Gasteiger partial charge in [-0.25, -0.2) is 19.2 Å². The predicted molar refractivity (Wildman–Crippen MR) is 308 cm³/mol. The van der Waals surface area contributed by atoms with Gasteiger partial charge in [-0.3, -0.25) is 42.0 Å². The first-order chi connectivity index (χ1) is 37.7. The number of fused-ring (bicyclic) bond motifs is 2. The zero-order chi connectivity index (χ0) is 58.3. The molecule has 2 atom stereocenters. The van der Waals surface area contributed by atoms with Crippen LogP contribution in [-0.2, 0) is 50.8 Å². The molecule has 5 aromatic heterocycles. The number of hydrogen-bond donors (Lipinski definition) is 3. The van der Waals surface area contributed by atoms with Gasteiger partial charge in [0, 0.05) is 88.9 Å². The molecule has 0 spiro atoms. The summed E-state index contributed by atoms with van der Waals surface area (Å²) >= 11 is 13.1. The van der Waals surface area contributed by atoms with Gasteiger partial charge in [-0.15, -0.1) is 0 Å². The molecular formula is C56H68Cl2N12O10. The van der Waals surface area contributed by atoms with E-state index in [-0.39, 0.29) is 64.3 Å². The molecule has 426 valence electrons. The van der Waals surface area contributed by atoms with Crippen molar-refractivity contribution in [2.75, 3.05) is 36.0 Å². The minimum atomic E-state index is -0.770. The number of nitrogens with two attached hydrogens (primary N) is 1. The Hall–Kier alpha value is -7.98. The number of rotatable bonds is 10. The highest BCUT2D eigenvalue weighted by atomic mass is 35.5. The Morgan fingerprint density at radius 2 is 0.963 bits per heavy atom. The van der Waals surface area contributed by atoms with Crippen LogP contribution in [0.2, 0.25) is 10.0 Å². The Bertz CT molecular complexity index is 3800. The number of ether oxygens (including phenoxy) is 2. The highest BCUT2D eigenvalue weighted by Gasteiger charge is 2.36. The average Bonchev–Trinajstić information content (AvgIpc) is 4.31. The van der Waals surface area contributed by atoms with E-state index in [1.807, 2.05) is 40.1 Å². The highest BCUT2D eigenvalue weighted by Crippen LogP contribution is 2.37. The van der Waals surface area contributed by atoms with Gasteiger partial charge >= 0.3 is 23.6 Å². The van der Waals surface area contributed by atoms with Crippen LogP contribution in [0.5, 0.6) is 0 Å². The number of primary amides is 1. The van der Waals surface area contributed by atoms with Crippen LogP contribution >= 0.6 is 23.2 Å². The number of hydrogen-bond acceptors (Lipinski definition) is 12. The van der Waals surface area contributed by atoms with E-state index in [2.05, 4.69) is 10.6 Å². The summed E-state index contributed by atoms with van der Waals surface area (Å²) in [6.07, 6.45) is 5.02. The number of piperidine rings is 2. The van der Waals surface area contributed by atoms with Gasteiger partial charge in [0.2, 0.25) is 0 Å². The summed E-state index contributed by atoms with van der Waals surface area (Å²) in [6, 6.07) is 17.4. The Labute approximate surface area is 470 Å². The maximum absolute atomic E-state index is 14.2. The minimum Gasteiger partial charge on any atom is -0.444 e. The first kappa shape index (κ1) is 58.2. The fraction of sp³-hybridized carbons (Fsp3) is 0.429. The van der Waals surface area contributed by atoms with E-state index >= 15 is 0 Å². The van der Waals surface area contributed by atoms with Crippen molar-refractivity contribution in [1.29, 1.82) is 0 Å². The van der Waals surface area contributed by atoms with Gasteiger partial charge in [-0.2, -0.15) is 0 Å². The summed E-state index contributed by atoms with van der Waals surface area (Å²) in [7, 11) is 5.88. The number of aryl methyl sites for hydroxylation is 2. The minimum absolute atomic E-state index is 0.0715. The molecule has 7 heterocycles. The standard InChI is InChI=1S/C30H35ClN6O5.C26H33ClN6O5/c1-30(2,3)42-28(40)32-20-12-10-16-36(18-20)25-22(26(38)35-14-8-9-15-35)23-24(27(39)34(5)29(41)33(23)4)37(25)17-19-11-6-7-13-21(19)31;1-26(2,3)38-24(36)29-16-10-8-12-32(14-16)22-18(21(28)34)19-20(23(35)31(5)25(37)30(19)4)33(22)13-15-9-6-7-11-17(15)27/h6-9,11,13-15,20H,10,12,16-18H2,1-5H3,(H,32,40);6-7,9,11,16H,8,10,12-14H2,1-5H3,(H2,28,34)(H,29,36)/t20-;16-/m11/s1. The summed E-state index contributed by atoms with van der Waals surface area (Å²) in [5.74, 6) is -0.268. The van der Waals surface area contributed by atoms with E-state index < -0.39 is 51.8 Å². The first-order valence-electron chi connectivity index (χ1n) is 26.2. The fourth-order valence-electron chi connectivity index (χ4n) is 10.5. The topological polar surface area (TPSA) is 246 Å². The molecule has 9 rings (SSSR count). The molecule has 2 aliphatic rings. The van der Waals surface area contributed by atoms with E-state index in [0.29, 0.717) is 73.5 Å². The number of carbonyl (C=O) groups excluding carboxylic acids is 4. The lowest BCUT2D eigenvalue weighted by atomic mass is 10.0. The average molecular weight is 1140 g/mol. The van der Waals surface area contributed by atoms with Crippen LogP contribution in [0.3, 0.4) is 0 Å². The quantitative estimate of drug-likeness (QED) is 0.142. The molecule has 22 nitrogen and oxygen atoms in total. The van der Waals surface area contributed by atoms with Gasteiger partial charge in [-0.05, 0) is 103 Å². The molecular weight excluding hydrogens is 1070 g/mol. The number of nitrogens with zero attached hydrogens (tertiary/aromatic N) is 9. The number of anilines is 2. The number of alkyl carbamates (subject to hydrolysis) is 2. The molecule has 0 saturated carbocycles. The van der Waals surface area contributed by atoms with Crippen molar-refractivity contribution in [3.8, 4) is 0 Å². The second-order valence-electron chi connectivity index (χ2n) is 22.2. The second-order valence-corrected chi connectivity index (χ2v) is 23.0.